The van der Waals surface area contributed by atoms with Crippen LogP contribution in [0.4, 0.5) is 0 Å². The van der Waals surface area contributed by atoms with E-state index < -0.39 is 11.6 Å². The number of nitrogens with one attached hydrogen (secondary N) is 1. The molecule has 6 rings (SSSR count). The van der Waals surface area contributed by atoms with Crippen molar-refractivity contribution in [2.45, 2.75) is 61.8 Å². The van der Waals surface area contributed by atoms with Gasteiger partial charge in [-0.2, -0.15) is 0 Å². The third-order valence-electron chi connectivity index (χ3n) is 7.99. The summed E-state index contributed by atoms with van der Waals surface area (Å²) < 4.78 is 6.57. The maximum absolute atomic E-state index is 14.0. The van der Waals surface area contributed by atoms with Gasteiger partial charge in [0.15, 0.2) is 0 Å². The van der Waals surface area contributed by atoms with Gasteiger partial charge in [-0.15, -0.1) is 0 Å². The molecule has 2 aromatic carbocycles. The first-order chi connectivity index (χ1) is 16.2. The van der Waals surface area contributed by atoms with Crippen molar-refractivity contribution in [2.24, 2.45) is 5.92 Å². The Bertz CT molecular complexity index is 1060. The molecule has 2 amide bonds. The largest absolute Gasteiger partial charge is 0.359 e. The second kappa shape index (κ2) is 8.14. The van der Waals surface area contributed by atoms with Gasteiger partial charge in [-0.1, -0.05) is 85.7 Å². The van der Waals surface area contributed by atoms with Gasteiger partial charge in [-0.05, 0) is 30.4 Å². The van der Waals surface area contributed by atoms with Gasteiger partial charge in [0.25, 0.3) is 0 Å². The number of carbonyl (C=O) groups excluding carboxylic acids is 2. The molecule has 0 radical (unpaired) electrons. The van der Waals surface area contributed by atoms with Crippen LogP contribution in [-0.4, -0.2) is 47.0 Å². The highest BCUT2D eigenvalue weighted by atomic mass is 16.5. The maximum atomic E-state index is 14.0. The van der Waals surface area contributed by atoms with E-state index in [0.29, 0.717) is 13.0 Å². The van der Waals surface area contributed by atoms with Crippen molar-refractivity contribution < 1.29 is 14.3 Å². The van der Waals surface area contributed by atoms with E-state index in [1.165, 1.54) is 0 Å². The number of fused-ring (bicyclic) bond motifs is 1. The summed E-state index contributed by atoms with van der Waals surface area (Å²) in [6.45, 7) is 0.507. The Labute approximate surface area is 194 Å². The van der Waals surface area contributed by atoms with Crippen molar-refractivity contribution >= 4 is 11.8 Å². The standard InChI is InChI=1S/C28H30N2O3/c31-26(29-21-13-7-8-14-21)25-28-17-15-22(33-28)23(20-11-5-2-6-12-20)24(28)27(32)30(25)18-16-19-9-3-1-4-10-19/h1-6,9-12,15,17,21-25H,7-8,13-14,16,18H2,(H,29,31)/t22-,23+,24+,25+,28+/m1/s1. The molecule has 5 atom stereocenters. The molecule has 4 aliphatic rings. The predicted octanol–water partition coefficient (Wildman–Crippen LogP) is 3.61. The van der Waals surface area contributed by atoms with E-state index in [1.54, 1.807) is 0 Å². The minimum atomic E-state index is -0.887. The van der Waals surface area contributed by atoms with Gasteiger partial charge >= 0.3 is 0 Å². The van der Waals surface area contributed by atoms with E-state index in [-0.39, 0.29) is 35.8 Å². The Morgan fingerprint density at radius 2 is 1.73 bits per heavy atom. The summed E-state index contributed by atoms with van der Waals surface area (Å²) in [7, 11) is 0. The number of nitrogens with zero attached hydrogens (tertiary/aromatic N) is 1. The van der Waals surface area contributed by atoms with Gasteiger partial charge in [0.2, 0.25) is 11.8 Å². The van der Waals surface area contributed by atoms with E-state index >= 15 is 0 Å². The molecule has 2 bridgehead atoms. The van der Waals surface area contributed by atoms with Crippen molar-refractivity contribution in [1.82, 2.24) is 10.2 Å². The lowest BCUT2D eigenvalue weighted by molar-refractivity contribution is -0.139. The summed E-state index contributed by atoms with van der Waals surface area (Å²) in [5.41, 5.74) is 1.38. The highest BCUT2D eigenvalue weighted by Gasteiger charge is 2.71. The Balaban J connectivity index is 1.35. The summed E-state index contributed by atoms with van der Waals surface area (Å²) in [6.07, 6.45) is 8.95. The zero-order chi connectivity index (χ0) is 22.4. The molecule has 5 heteroatoms. The van der Waals surface area contributed by atoms with E-state index in [4.69, 9.17) is 4.74 Å². The molecule has 1 N–H and O–H groups in total. The van der Waals surface area contributed by atoms with E-state index in [1.807, 2.05) is 47.4 Å². The number of hydrogen-bond donors (Lipinski definition) is 1. The van der Waals surface area contributed by atoms with Crippen LogP contribution in [0.3, 0.4) is 0 Å². The summed E-state index contributed by atoms with van der Waals surface area (Å²) in [6, 6.07) is 19.9. The Hall–Kier alpha value is -2.92. The van der Waals surface area contributed by atoms with Crippen molar-refractivity contribution in [1.29, 1.82) is 0 Å². The van der Waals surface area contributed by atoms with Crippen LogP contribution in [0, 0.1) is 5.92 Å². The SMILES string of the molecule is O=C(NC1CCCC1)[C@@H]1N(CCc2ccccc2)C(=O)[C@@H]2[C@@H](c3ccccc3)[C@H]3C=C[C@]21O3. The van der Waals surface area contributed by atoms with E-state index in [2.05, 4.69) is 35.7 Å². The molecule has 3 heterocycles. The predicted molar refractivity (Wildman–Crippen MR) is 125 cm³/mol. The minimum Gasteiger partial charge on any atom is -0.359 e. The normalized spacial score (nSPS) is 32.5. The molecule has 0 unspecified atom stereocenters. The fourth-order valence-corrected chi connectivity index (χ4v) is 6.51. The van der Waals surface area contributed by atoms with Crippen LogP contribution >= 0.6 is 0 Å². The molecule has 170 valence electrons. The quantitative estimate of drug-likeness (QED) is 0.696. The fourth-order valence-electron chi connectivity index (χ4n) is 6.51. The molecular weight excluding hydrogens is 412 g/mol. The minimum absolute atomic E-state index is 0.0400. The molecule has 5 nitrogen and oxygen atoms in total. The van der Waals surface area contributed by atoms with E-state index in [0.717, 1.165) is 36.8 Å². The van der Waals surface area contributed by atoms with Gasteiger partial charge in [-0.25, -0.2) is 0 Å². The second-order valence-electron chi connectivity index (χ2n) is 9.87. The molecule has 1 aliphatic carbocycles. The van der Waals surface area contributed by atoms with Crippen molar-refractivity contribution in [2.75, 3.05) is 6.54 Å². The molecule has 2 saturated heterocycles. The van der Waals surface area contributed by atoms with Gasteiger partial charge in [0.05, 0.1) is 12.0 Å². The number of amides is 2. The fraction of sp³-hybridized carbons (Fsp3) is 0.429. The third-order valence-corrected chi connectivity index (χ3v) is 7.99. The second-order valence-corrected chi connectivity index (χ2v) is 9.87. The number of carbonyl (C=O) groups is 2. The monoisotopic (exact) mass is 442 g/mol. The van der Waals surface area contributed by atoms with Crippen LogP contribution in [0.15, 0.2) is 72.8 Å². The van der Waals surface area contributed by atoms with Crippen LogP contribution in [0.25, 0.3) is 0 Å². The summed E-state index contributed by atoms with van der Waals surface area (Å²) in [5.74, 6) is -0.458. The Morgan fingerprint density at radius 3 is 2.45 bits per heavy atom. The lowest BCUT2D eigenvalue weighted by Gasteiger charge is -2.33. The van der Waals surface area contributed by atoms with E-state index in [9.17, 15) is 9.59 Å². The van der Waals surface area contributed by atoms with Crippen molar-refractivity contribution in [3.63, 3.8) is 0 Å². The molecule has 1 saturated carbocycles. The Morgan fingerprint density at radius 1 is 1.03 bits per heavy atom. The highest BCUT2D eigenvalue weighted by Crippen LogP contribution is 2.58. The number of likely N-dealkylation sites (tertiary alicyclic amines) is 1. The maximum Gasteiger partial charge on any atom is 0.246 e. The first kappa shape index (κ1) is 20.7. The first-order valence-corrected chi connectivity index (χ1v) is 12.2. The van der Waals surface area contributed by atoms with Crippen molar-refractivity contribution in [3.8, 4) is 0 Å². The average Bonchev–Trinajstić information content (AvgIpc) is 3.61. The number of rotatable bonds is 6. The molecule has 33 heavy (non-hydrogen) atoms. The lowest BCUT2D eigenvalue weighted by atomic mass is 9.72. The van der Waals surface area contributed by atoms with Crippen LogP contribution in [0.5, 0.6) is 0 Å². The van der Waals surface area contributed by atoms with Crippen LogP contribution in [-0.2, 0) is 20.7 Å². The van der Waals surface area contributed by atoms with Gasteiger partial charge in [0.1, 0.15) is 11.6 Å². The molecule has 3 fully saturated rings. The van der Waals surface area contributed by atoms with Gasteiger partial charge < -0.3 is 15.0 Å². The Kier molecular flexibility index (Phi) is 5.10. The summed E-state index contributed by atoms with van der Waals surface area (Å²) in [4.78, 5) is 29.5. The zero-order valence-corrected chi connectivity index (χ0v) is 18.7. The van der Waals surface area contributed by atoms with Crippen LogP contribution in [0.2, 0.25) is 0 Å². The molecular formula is C28H30N2O3. The summed E-state index contributed by atoms with van der Waals surface area (Å²) in [5, 5.41) is 3.27. The molecule has 0 aromatic heterocycles. The van der Waals surface area contributed by atoms with Crippen molar-refractivity contribution in [3.05, 3.63) is 83.9 Å². The number of hydrogen-bond acceptors (Lipinski definition) is 3. The lowest BCUT2D eigenvalue weighted by Crippen LogP contribution is -2.56. The van der Waals surface area contributed by atoms with Crippen LogP contribution in [0.1, 0.15) is 42.7 Å². The van der Waals surface area contributed by atoms with Gasteiger partial charge in [-0.3, -0.25) is 9.59 Å². The molecule has 1 spiro atoms. The smallest absolute Gasteiger partial charge is 0.246 e. The number of ether oxygens (including phenoxy) is 1. The third kappa shape index (κ3) is 3.33. The number of benzene rings is 2. The molecule has 2 aromatic rings. The summed E-state index contributed by atoms with van der Waals surface area (Å²) >= 11 is 0. The topological polar surface area (TPSA) is 58.6 Å². The highest BCUT2D eigenvalue weighted by molar-refractivity contribution is 5.97. The van der Waals surface area contributed by atoms with Gasteiger partial charge in [0, 0.05) is 18.5 Å². The molecule has 3 aliphatic heterocycles. The first-order valence-electron chi connectivity index (χ1n) is 12.2. The van der Waals surface area contributed by atoms with Crippen LogP contribution < -0.4 is 5.32 Å². The average molecular weight is 443 g/mol. The zero-order valence-electron chi connectivity index (χ0n) is 18.7.